The second-order valence-corrected chi connectivity index (χ2v) is 6.95. The average molecular weight is 324 g/mol. The molecule has 1 aromatic rings. The number of rotatable bonds is 5. The number of aromatic nitrogens is 1. The van der Waals surface area contributed by atoms with Crippen LogP contribution >= 0.6 is 11.3 Å². The molecule has 1 aromatic heterocycles. The molecule has 7 heteroatoms. The molecule has 0 aromatic carbocycles. The molecule has 2 unspecified atom stereocenters. The van der Waals surface area contributed by atoms with Crippen LogP contribution in [0.2, 0.25) is 0 Å². The van der Waals surface area contributed by atoms with Crippen molar-refractivity contribution in [1.29, 1.82) is 0 Å². The van der Waals surface area contributed by atoms with Crippen molar-refractivity contribution in [3.05, 3.63) is 16.1 Å². The van der Waals surface area contributed by atoms with E-state index in [1.807, 2.05) is 13.8 Å². The molecule has 1 fully saturated rings. The number of thiazole rings is 1. The zero-order chi connectivity index (χ0) is 16.3. The van der Waals surface area contributed by atoms with Crippen molar-refractivity contribution in [2.45, 2.75) is 58.2 Å². The van der Waals surface area contributed by atoms with Crippen molar-refractivity contribution in [3.8, 4) is 0 Å². The Morgan fingerprint density at radius 2 is 2.27 bits per heavy atom. The van der Waals surface area contributed by atoms with E-state index in [9.17, 15) is 9.59 Å². The number of hydrogen-bond donors (Lipinski definition) is 2. The van der Waals surface area contributed by atoms with Gasteiger partial charge in [-0.3, -0.25) is 9.59 Å². The molecular weight excluding hydrogens is 300 g/mol. The number of carbonyl (C=O) groups excluding carboxylic acids is 2. The van der Waals surface area contributed by atoms with E-state index in [-0.39, 0.29) is 23.9 Å². The fourth-order valence-electron chi connectivity index (χ4n) is 2.61. The lowest BCUT2D eigenvalue weighted by Crippen LogP contribution is -2.47. The highest BCUT2D eigenvalue weighted by Crippen LogP contribution is 2.21. The van der Waals surface area contributed by atoms with Crippen LogP contribution in [-0.4, -0.2) is 46.4 Å². The molecule has 6 nitrogen and oxygen atoms in total. The van der Waals surface area contributed by atoms with Gasteiger partial charge in [0.25, 0.3) is 5.91 Å². The van der Waals surface area contributed by atoms with Crippen LogP contribution in [0, 0.1) is 0 Å². The van der Waals surface area contributed by atoms with E-state index in [0.29, 0.717) is 18.7 Å². The fourth-order valence-corrected chi connectivity index (χ4v) is 3.48. The summed E-state index contributed by atoms with van der Waals surface area (Å²) in [5.74, 6) is -0.337. The minimum atomic E-state index is -0.499. The number of amides is 2. The van der Waals surface area contributed by atoms with E-state index >= 15 is 0 Å². The third-order valence-corrected chi connectivity index (χ3v) is 4.47. The monoisotopic (exact) mass is 324 g/mol. The molecule has 0 radical (unpaired) electrons. The van der Waals surface area contributed by atoms with Crippen molar-refractivity contribution in [2.75, 3.05) is 6.54 Å². The fraction of sp³-hybridized carbons (Fsp3) is 0.667. The summed E-state index contributed by atoms with van der Waals surface area (Å²) in [6, 6.07) is -0.626. The second kappa shape index (κ2) is 7.19. The lowest BCUT2D eigenvalue weighted by Gasteiger charge is -2.23. The first kappa shape index (κ1) is 16.9. The first-order valence-electron chi connectivity index (χ1n) is 7.73. The standard InChI is InChI=1S/C15H24N4O2S/c1-4-5-13-18-11(8-22-13)15(21)19-7-10(16)6-12(19)14(20)17-9(2)3/h8-10,12H,4-7,16H2,1-3H3,(H,17,20). The third-order valence-electron chi connectivity index (χ3n) is 3.56. The SMILES string of the molecule is CCCc1nc(C(=O)N2CC(N)CC2C(=O)NC(C)C)cs1. The quantitative estimate of drug-likeness (QED) is 0.851. The molecule has 1 aliphatic heterocycles. The maximum Gasteiger partial charge on any atom is 0.274 e. The van der Waals surface area contributed by atoms with E-state index in [1.165, 1.54) is 11.3 Å². The summed E-state index contributed by atoms with van der Waals surface area (Å²) in [7, 11) is 0. The number of likely N-dealkylation sites (tertiary alicyclic amines) is 1. The van der Waals surface area contributed by atoms with Gasteiger partial charge >= 0.3 is 0 Å². The predicted molar refractivity (Wildman–Crippen MR) is 86.8 cm³/mol. The largest absolute Gasteiger partial charge is 0.352 e. The van der Waals surface area contributed by atoms with Crippen molar-refractivity contribution in [1.82, 2.24) is 15.2 Å². The Kier molecular flexibility index (Phi) is 5.52. The maximum atomic E-state index is 12.6. The maximum absolute atomic E-state index is 12.6. The van der Waals surface area contributed by atoms with Gasteiger partial charge in [-0.15, -0.1) is 11.3 Å². The van der Waals surface area contributed by atoms with Crippen LogP contribution in [0.25, 0.3) is 0 Å². The zero-order valence-electron chi connectivity index (χ0n) is 13.3. The van der Waals surface area contributed by atoms with E-state index in [1.54, 1.807) is 10.3 Å². The van der Waals surface area contributed by atoms with Crippen molar-refractivity contribution >= 4 is 23.2 Å². The lowest BCUT2D eigenvalue weighted by molar-refractivity contribution is -0.125. The van der Waals surface area contributed by atoms with Crippen LogP contribution in [0.3, 0.4) is 0 Å². The van der Waals surface area contributed by atoms with Crippen LogP contribution in [0.4, 0.5) is 0 Å². The van der Waals surface area contributed by atoms with E-state index in [0.717, 1.165) is 17.8 Å². The summed E-state index contributed by atoms with van der Waals surface area (Å²) in [6.07, 6.45) is 2.36. The van der Waals surface area contributed by atoms with Gasteiger partial charge in [0, 0.05) is 24.0 Å². The number of hydrogen-bond acceptors (Lipinski definition) is 5. The smallest absolute Gasteiger partial charge is 0.274 e. The van der Waals surface area contributed by atoms with Gasteiger partial charge in [0.2, 0.25) is 5.91 Å². The summed E-state index contributed by atoms with van der Waals surface area (Å²) in [5, 5.41) is 5.59. The predicted octanol–water partition coefficient (Wildman–Crippen LogP) is 1.16. The van der Waals surface area contributed by atoms with Gasteiger partial charge in [0.05, 0.1) is 5.01 Å². The number of aryl methyl sites for hydroxylation is 1. The van der Waals surface area contributed by atoms with Gasteiger partial charge in [0.1, 0.15) is 11.7 Å². The Morgan fingerprint density at radius 3 is 2.91 bits per heavy atom. The zero-order valence-corrected chi connectivity index (χ0v) is 14.2. The molecule has 3 N–H and O–H groups in total. The highest BCUT2D eigenvalue weighted by atomic mass is 32.1. The van der Waals surface area contributed by atoms with Gasteiger partial charge in [-0.2, -0.15) is 0 Å². The van der Waals surface area contributed by atoms with Crippen molar-refractivity contribution < 1.29 is 9.59 Å². The molecule has 0 aliphatic carbocycles. The van der Waals surface area contributed by atoms with Crippen molar-refractivity contribution in [3.63, 3.8) is 0 Å². The summed E-state index contributed by atoms with van der Waals surface area (Å²) >= 11 is 1.49. The van der Waals surface area contributed by atoms with Crippen LogP contribution in [-0.2, 0) is 11.2 Å². The van der Waals surface area contributed by atoms with Crippen LogP contribution < -0.4 is 11.1 Å². The van der Waals surface area contributed by atoms with E-state index in [4.69, 9.17) is 5.73 Å². The first-order valence-corrected chi connectivity index (χ1v) is 8.61. The molecule has 1 aliphatic rings. The Hall–Kier alpha value is -1.47. The van der Waals surface area contributed by atoms with E-state index in [2.05, 4.69) is 17.2 Å². The lowest BCUT2D eigenvalue weighted by atomic mass is 10.1. The number of nitrogens with zero attached hydrogens (tertiary/aromatic N) is 2. The van der Waals surface area contributed by atoms with Crippen LogP contribution in [0.1, 0.15) is 49.1 Å². The summed E-state index contributed by atoms with van der Waals surface area (Å²) in [5.41, 5.74) is 6.38. The normalized spacial score (nSPS) is 21.4. The highest BCUT2D eigenvalue weighted by Gasteiger charge is 2.39. The molecule has 2 amide bonds. The highest BCUT2D eigenvalue weighted by molar-refractivity contribution is 7.09. The average Bonchev–Trinajstić information content (AvgIpc) is 3.04. The van der Waals surface area contributed by atoms with Gasteiger partial charge < -0.3 is 16.0 Å². The summed E-state index contributed by atoms with van der Waals surface area (Å²) in [6.45, 7) is 6.27. The molecule has 22 heavy (non-hydrogen) atoms. The molecule has 0 bridgehead atoms. The molecule has 1 saturated heterocycles. The van der Waals surface area contributed by atoms with Crippen LogP contribution in [0.5, 0.6) is 0 Å². The molecule has 122 valence electrons. The van der Waals surface area contributed by atoms with Crippen LogP contribution in [0.15, 0.2) is 5.38 Å². The molecular formula is C15H24N4O2S. The van der Waals surface area contributed by atoms with Gasteiger partial charge in [-0.05, 0) is 33.1 Å². The minimum Gasteiger partial charge on any atom is -0.352 e. The molecule has 2 atom stereocenters. The second-order valence-electron chi connectivity index (χ2n) is 6.01. The Bertz CT molecular complexity index is 543. The Labute approximate surface area is 135 Å². The van der Waals surface area contributed by atoms with Crippen molar-refractivity contribution in [2.24, 2.45) is 5.73 Å². The molecule has 0 spiro atoms. The first-order chi connectivity index (χ1) is 10.4. The molecule has 0 saturated carbocycles. The Balaban J connectivity index is 2.13. The number of nitrogens with one attached hydrogen (secondary N) is 1. The van der Waals surface area contributed by atoms with Gasteiger partial charge in [-0.1, -0.05) is 6.92 Å². The number of nitrogens with two attached hydrogens (primary N) is 1. The topological polar surface area (TPSA) is 88.3 Å². The van der Waals surface area contributed by atoms with E-state index < -0.39 is 6.04 Å². The summed E-state index contributed by atoms with van der Waals surface area (Å²) < 4.78 is 0. The summed E-state index contributed by atoms with van der Waals surface area (Å²) in [4.78, 5) is 30.9. The number of carbonyl (C=O) groups is 2. The van der Waals surface area contributed by atoms with Gasteiger partial charge in [0.15, 0.2) is 0 Å². The molecule has 2 heterocycles. The third kappa shape index (κ3) is 3.84. The Morgan fingerprint density at radius 1 is 1.55 bits per heavy atom. The molecule has 2 rings (SSSR count). The van der Waals surface area contributed by atoms with Gasteiger partial charge in [-0.25, -0.2) is 4.98 Å². The minimum absolute atomic E-state index is 0.0386.